The number of carboxylic acids is 1. The fraction of sp³-hybridized carbons (Fsp3) is 0.333. The molecule has 240 valence electrons. The van der Waals surface area contributed by atoms with Crippen LogP contribution in [0.2, 0.25) is 10.0 Å². The van der Waals surface area contributed by atoms with Crippen LogP contribution in [0, 0.1) is 5.82 Å². The molecule has 0 radical (unpaired) electrons. The lowest BCUT2D eigenvalue weighted by atomic mass is 9.89. The van der Waals surface area contributed by atoms with Crippen molar-refractivity contribution in [1.29, 1.82) is 0 Å². The van der Waals surface area contributed by atoms with Gasteiger partial charge in [-0.1, -0.05) is 65.7 Å². The van der Waals surface area contributed by atoms with E-state index in [1.165, 1.54) is 66.7 Å². The summed E-state index contributed by atoms with van der Waals surface area (Å²) in [5.74, 6) is -3.64. The summed E-state index contributed by atoms with van der Waals surface area (Å²) in [6, 6.07) is 12.3. The molecule has 1 aliphatic carbocycles. The van der Waals surface area contributed by atoms with E-state index in [2.05, 4.69) is 0 Å². The van der Waals surface area contributed by atoms with E-state index in [1.54, 1.807) is 0 Å². The molecule has 2 N–H and O–H groups in total. The van der Waals surface area contributed by atoms with Gasteiger partial charge in [0.05, 0.1) is 12.5 Å². The molecule has 15 heteroatoms. The van der Waals surface area contributed by atoms with Crippen LogP contribution in [0.25, 0.3) is 0 Å². The predicted molar refractivity (Wildman–Crippen MR) is 156 cm³/mol. The van der Waals surface area contributed by atoms with E-state index in [1.807, 2.05) is 4.72 Å². The Labute approximate surface area is 265 Å². The summed E-state index contributed by atoms with van der Waals surface area (Å²) in [6.07, 6.45) is -9.46. The zero-order chi connectivity index (χ0) is 32.7. The number of benzene rings is 3. The minimum absolute atomic E-state index is 0.0264. The van der Waals surface area contributed by atoms with Crippen molar-refractivity contribution < 1.29 is 45.4 Å². The van der Waals surface area contributed by atoms with Gasteiger partial charge >= 0.3 is 12.1 Å². The average Bonchev–Trinajstić information content (AvgIpc) is 3.77. The first-order valence-electron chi connectivity index (χ1n) is 13.7. The zero-order valence-corrected chi connectivity index (χ0v) is 25.5. The summed E-state index contributed by atoms with van der Waals surface area (Å²) in [6.45, 7) is -1.33. The number of nitrogens with one attached hydrogen (secondary N) is 1. The number of sulfonamides is 1. The van der Waals surface area contributed by atoms with Crippen LogP contribution in [0.1, 0.15) is 48.1 Å². The van der Waals surface area contributed by atoms with Gasteiger partial charge in [-0.05, 0) is 54.3 Å². The number of nitrogens with zero attached hydrogens (tertiary/aromatic N) is 1. The van der Waals surface area contributed by atoms with E-state index in [4.69, 9.17) is 27.9 Å². The maximum atomic E-state index is 15.0. The number of ether oxygens (including phenoxy) is 1. The van der Waals surface area contributed by atoms with Crippen molar-refractivity contribution in [3.05, 3.63) is 105 Å². The van der Waals surface area contributed by atoms with Gasteiger partial charge in [0.2, 0.25) is 10.0 Å². The van der Waals surface area contributed by atoms with Crippen LogP contribution >= 0.6 is 23.2 Å². The minimum atomic E-state index is -5.22. The fourth-order valence-electron chi connectivity index (χ4n) is 5.67. The molecule has 3 aromatic rings. The molecule has 5 rings (SSSR count). The SMILES string of the molecule is O=C(O)C[C@H]1O[C@H](c2cccc(Cl)c2)[C@@H](c2ccc(Cl)cc2)N([C@@H](CNS(=O)(=O)C2(c3ccccc3F)CC2)C(F)(F)F)C1=O. The largest absolute Gasteiger partial charge is 0.481 e. The highest BCUT2D eigenvalue weighted by atomic mass is 35.5. The maximum absolute atomic E-state index is 15.0. The van der Waals surface area contributed by atoms with E-state index in [9.17, 15) is 27.5 Å². The molecule has 1 amide bonds. The van der Waals surface area contributed by atoms with Crippen molar-refractivity contribution in [1.82, 2.24) is 9.62 Å². The molecular weight excluding hydrogens is 663 g/mol. The number of carbonyl (C=O) groups is 2. The number of morpholine rings is 1. The van der Waals surface area contributed by atoms with E-state index in [0.29, 0.717) is 4.90 Å². The number of aliphatic carboxylic acids is 1. The van der Waals surface area contributed by atoms with E-state index in [0.717, 1.165) is 6.07 Å². The molecule has 4 atom stereocenters. The zero-order valence-electron chi connectivity index (χ0n) is 23.2. The van der Waals surface area contributed by atoms with E-state index < -0.39 is 75.9 Å². The number of amides is 1. The predicted octanol–water partition coefficient (Wildman–Crippen LogP) is 6.16. The number of carboxylic acid groups (broad SMARTS) is 1. The molecule has 0 bridgehead atoms. The van der Waals surface area contributed by atoms with Gasteiger partial charge in [0.25, 0.3) is 5.91 Å². The quantitative estimate of drug-likeness (QED) is 0.247. The second kappa shape index (κ2) is 12.5. The summed E-state index contributed by atoms with van der Waals surface area (Å²) < 4.78 is 92.8. The third kappa shape index (κ3) is 6.68. The number of hydrogen-bond donors (Lipinski definition) is 2. The third-order valence-electron chi connectivity index (χ3n) is 7.94. The summed E-state index contributed by atoms with van der Waals surface area (Å²) in [4.78, 5) is 25.9. The Kier molecular flexibility index (Phi) is 9.22. The summed E-state index contributed by atoms with van der Waals surface area (Å²) in [7, 11) is -4.62. The number of halogens is 6. The lowest BCUT2D eigenvalue weighted by molar-refractivity contribution is -0.222. The molecule has 1 heterocycles. The average molecular weight is 690 g/mol. The highest BCUT2D eigenvalue weighted by Gasteiger charge is 2.59. The van der Waals surface area contributed by atoms with Crippen LogP contribution in [-0.4, -0.2) is 55.2 Å². The molecule has 0 spiro atoms. The molecule has 2 fully saturated rings. The Balaban J connectivity index is 1.60. The van der Waals surface area contributed by atoms with Gasteiger partial charge in [0.1, 0.15) is 28.8 Å². The third-order valence-corrected chi connectivity index (χ3v) is 10.6. The smallest absolute Gasteiger partial charge is 0.410 e. The van der Waals surface area contributed by atoms with Crippen LogP contribution in [0.3, 0.4) is 0 Å². The van der Waals surface area contributed by atoms with Crippen LogP contribution in [0.4, 0.5) is 17.6 Å². The number of carbonyl (C=O) groups excluding carboxylic acids is 1. The first-order chi connectivity index (χ1) is 21.1. The number of rotatable bonds is 10. The van der Waals surface area contributed by atoms with Crippen LogP contribution in [0.15, 0.2) is 72.8 Å². The van der Waals surface area contributed by atoms with Crippen molar-refractivity contribution in [2.24, 2.45) is 0 Å². The molecule has 45 heavy (non-hydrogen) atoms. The Morgan fingerprint density at radius 2 is 1.69 bits per heavy atom. The van der Waals surface area contributed by atoms with Gasteiger partial charge in [-0.3, -0.25) is 9.59 Å². The lowest BCUT2D eigenvalue weighted by Gasteiger charge is -2.48. The van der Waals surface area contributed by atoms with Gasteiger partial charge in [-0.25, -0.2) is 17.5 Å². The molecule has 2 aliphatic rings. The molecule has 1 aliphatic heterocycles. The molecular formula is C30H26Cl2F4N2O6S. The highest BCUT2D eigenvalue weighted by molar-refractivity contribution is 7.90. The van der Waals surface area contributed by atoms with Crippen molar-refractivity contribution in [2.75, 3.05) is 6.54 Å². The topological polar surface area (TPSA) is 113 Å². The molecule has 1 saturated heterocycles. The Hall–Kier alpha value is -3.23. The lowest BCUT2D eigenvalue weighted by Crippen LogP contribution is -2.62. The minimum Gasteiger partial charge on any atom is -0.481 e. The second-order valence-electron chi connectivity index (χ2n) is 10.8. The Morgan fingerprint density at radius 1 is 1.02 bits per heavy atom. The van der Waals surface area contributed by atoms with Gasteiger partial charge < -0.3 is 14.7 Å². The van der Waals surface area contributed by atoms with Crippen LogP contribution < -0.4 is 4.72 Å². The van der Waals surface area contributed by atoms with Gasteiger partial charge in [-0.2, -0.15) is 13.2 Å². The molecule has 3 aromatic carbocycles. The van der Waals surface area contributed by atoms with Gasteiger partial charge in [0.15, 0.2) is 0 Å². The summed E-state index contributed by atoms with van der Waals surface area (Å²) >= 11 is 12.2. The van der Waals surface area contributed by atoms with Crippen molar-refractivity contribution in [3.63, 3.8) is 0 Å². The summed E-state index contributed by atoms with van der Waals surface area (Å²) in [5, 5.41) is 9.94. The maximum Gasteiger partial charge on any atom is 0.410 e. The van der Waals surface area contributed by atoms with Crippen molar-refractivity contribution >= 4 is 45.1 Å². The molecule has 1 saturated carbocycles. The molecule has 0 aromatic heterocycles. The Bertz CT molecular complexity index is 1700. The summed E-state index contributed by atoms with van der Waals surface area (Å²) in [5.41, 5.74) is 0.215. The standard InChI is InChI=1S/C30H26Cl2F4N2O6S/c31-19-10-8-17(9-11-19)26-27(18-4-3-5-20(32)14-18)44-23(15-25(39)40)28(41)38(26)24(30(34,35)36)16-37-45(42,43)29(12-13-29)21-6-1-2-7-22(21)33/h1-11,14,23-24,26-27,37H,12-13,15-16H2,(H,39,40)/t23-,24+,26-,27-/m1/s1. The van der Waals surface area contributed by atoms with E-state index >= 15 is 13.2 Å². The number of alkyl halides is 3. The number of hydrogen-bond acceptors (Lipinski definition) is 5. The Morgan fingerprint density at radius 3 is 2.27 bits per heavy atom. The van der Waals surface area contributed by atoms with Crippen molar-refractivity contribution in [2.45, 2.75) is 54.5 Å². The van der Waals surface area contributed by atoms with Crippen LogP contribution in [0.5, 0.6) is 0 Å². The van der Waals surface area contributed by atoms with Gasteiger partial charge in [0, 0.05) is 22.2 Å². The normalized spacial score (nSPS) is 22.2. The molecule has 0 unspecified atom stereocenters. The monoisotopic (exact) mass is 688 g/mol. The first-order valence-corrected chi connectivity index (χ1v) is 15.9. The fourth-order valence-corrected chi connectivity index (χ4v) is 7.74. The van der Waals surface area contributed by atoms with Crippen LogP contribution in [-0.2, 0) is 29.1 Å². The van der Waals surface area contributed by atoms with Gasteiger partial charge in [-0.15, -0.1) is 0 Å². The van der Waals surface area contributed by atoms with Crippen molar-refractivity contribution in [3.8, 4) is 0 Å². The first kappa shape index (κ1) is 33.1. The molecule has 8 nitrogen and oxygen atoms in total. The highest BCUT2D eigenvalue weighted by Crippen LogP contribution is 2.53. The second-order valence-corrected chi connectivity index (χ2v) is 13.8. The van der Waals surface area contributed by atoms with E-state index in [-0.39, 0.29) is 39.6 Å².